The van der Waals surface area contributed by atoms with Crippen LogP contribution in [0.15, 0.2) is 24.3 Å². The van der Waals surface area contributed by atoms with Crippen molar-refractivity contribution in [2.45, 2.75) is 6.92 Å². The highest BCUT2D eigenvalue weighted by Crippen LogP contribution is 2.21. The van der Waals surface area contributed by atoms with Crippen molar-refractivity contribution in [1.29, 1.82) is 0 Å². The molecular formula is C12H10F2N2O3. The molecule has 0 saturated carbocycles. The largest absolute Gasteiger partial charge is 0.493 e. The molecule has 7 heteroatoms. The van der Waals surface area contributed by atoms with Crippen molar-refractivity contribution in [3.63, 3.8) is 0 Å². The lowest BCUT2D eigenvalue weighted by Crippen LogP contribution is -2.07. The maximum Gasteiger partial charge on any atom is 0.358 e. The Hall–Kier alpha value is -2.44. The molecule has 5 nitrogen and oxygen atoms in total. The number of ether oxygens (including phenoxy) is 1. The molecule has 0 radical (unpaired) electrons. The number of aromatic hydroxyl groups is 1. The molecule has 0 bridgehead atoms. The fraction of sp³-hybridized carbons (Fsp3) is 0.167. The molecule has 0 aliphatic rings. The molecule has 0 atom stereocenters. The second-order valence-electron chi connectivity index (χ2n) is 3.62. The van der Waals surface area contributed by atoms with Gasteiger partial charge in [-0.3, -0.25) is 0 Å². The number of benzene rings is 1. The lowest BCUT2D eigenvalue weighted by molar-refractivity contribution is 0.0519. The molecule has 19 heavy (non-hydrogen) atoms. The highest BCUT2D eigenvalue weighted by atomic mass is 19.1. The van der Waals surface area contributed by atoms with Gasteiger partial charge in [0.15, 0.2) is 11.5 Å². The minimum atomic E-state index is -0.909. The van der Waals surface area contributed by atoms with Crippen LogP contribution >= 0.6 is 0 Å². The van der Waals surface area contributed by atoms with E-state index < -0.39 is 23.5 Å². The number of halogens is 2. The number of rotatable bonds is 3. The molecule has 0 saturated heterocycles. The normalized spacial score (nSPS) is 10.5. The van der Waals surface area contributed by atoms with E-state index in [1.807, 2.05) is 0 Å². The Morgan fingerprint density at radius 2 is 2.16 bits per heavy atom. The van der Waals surface area contributed by atoms with Crippen molar-refractivity contribution in [3.8, 4) is 11.6 Å². The fourth-order valence-corrected chi connectivity index (χ4v) is 1.51. The summed E-state index contributed by atoms with van der Waals surface area (Å²) in [6.07, 6.45) is 0. The predicted molar refractivity (Wildman–Crippen MR) is 61.1 cm³/mol. The number of esters is 1. The van der Waals surface area contributed by atoms with Crippen molar-refractivity contribution in [2.24, 2.45) is 0 Å². The maximum atomic E-state index is 13.5. The number of aromatic nitrogens is 2. The second-order valence-corrected chi connectivity index (χ2v) is 3.62. The Labute approximate surface area is 107 Å². The molecule has 1 N–H and O–H groups in total. The molecule has 1 aromatic heterocycles. The van der Waals surface area contributed by atoms with E-state index in [4.69, 9.17) is 4.74 Å². The maximum absolute atomic E-state index is 13.5. The Morgan fingerprint density at radius 3 is 2.79 bits per heavy atom. The van der Waals surface area contributed by atoms with Gasteiger partial charge >= 0.3 is 5.97 Å². The summed E-state index contributed by atoms with van der Waals surface area (Å²) in [7, 11) is 0. The van der Waals surface area contributed by atoms with Gasteiger partial charge in [-0.1, -0.05) is 0 Å². The molecule has 0 amide bonds. The van der Waals surface area contributed by atoms with Crippen LogP contribution in [-0.2, 0) is 4.74 Å². The van der Waals surface area contributed by atoms with Crippen molar-refractivity contribution < 1.29 is 23.4 Å². The average Bonchev–Trinajstić information content (AvgIpc) is 2.72. The lowest BCUT2D eigenvalue weighted by atomic mass is 10.3. The van der Waals surface area contributed by atoms with E-state index >= 15 is 0 Å². The van der Waals surface area contributed by atoms with E-state index in [0.717, 1.165) is 22.9 Å². The van der Waals surface area contributed by atoms with Gasteiger partial charge < -0.3 is 9.84 Å². The second kappa shape index (κ2) is 5.05. The van der Waals surface area contributed by atoms with Gasteiger partial charge in [0.25, 0.3) is 0 Å². The zero-order valence-electron chi connectivity index (χ0n) is 9.93. The summed E-state index contributed by atoms with van der Waals surface area (Å²) in [6, 6.07) is 3.82. The average molecular weight is 268 g/mol. The van der Waals surface area contributed by atoms with E-state index in [9.17, 15) is 18.7 Å². The van der Waals surface area contributed by atoms with Gasteiger partial charge in [-0.2, -0.15) is 9.78 Å². The first-order chi connectivity index (χ1) is 9.02. The van der Waals surface area contributed by atoms with Gasteiger partial charge in [-0.05, 0) is 19.1 Å². The lowest BCUT2D eigenvalue weighted by Gasteiger charge is -2.04. The van der Waals surface area contributed by atoms with Gasteiger partial charge in [-0.25, -0.2) is 13.6 Å². The van der Waals surface area contributed by atoms with E-state index in [-0.39, 0.29) is 18.0 Å². The van der Waals surface area contributed by atoms with E-state index in [1.54, 1.807) is 6.92 Å². The van der Waals surface area contributed by atoms with Crippen LogP contribution in [0.3, 0.4) is 0 Å². The van der Waals surface area contributed by atoms with Crippen molar-refractivity contribution >= 4 is 5.97 Å². The summed E-state index contributed by atoms with van der Waals surface area (Å²) in [5.74, 6) is -2.85. The zero-order chi connectivity index (χ0) is 14.0. The number of carbonyl (C=O) groups excluding carboxylic acids is 1. The summed E-state index contributed by atoms with van der Waals surface area (Å²) < 4.78 is 31.8. The molecule has 2 rings (SSSR count). The Bertz CT molecular complexity index is 625. The molecule has 0 spiro atoms. The van der Waals surface area contributed by atoms with Crippen LogP contribution in [0.4, 0.5) is 8.78 Å². The molecule has 0 aliphatic heterocycles. The summed E-state index contributed by atoms with van der Waals surface area (Å²) in [5, 5.41) is 13.3. The predicted octanol–water partition coefficient (Wildman–Crippen LogP) is 2.03. The number of hydrogen-bond acceptors (Lipinski definition) is 4. The zero-order valence-corrected chi connectivity index (χ0v) is 9.93. The molecular weight excluding hydrogens is 258 g/mol. The van der Waals surface area contributed by atoms with E-state index in [2.05, 4.69) is 5.10 Å². The molecule has 2 aromatic rings. The first-order valence-electron chi connectivity index (χ1n) is 5.44. The SMILES string of the molecule is CCOC(=O)c1cc(O)n(-c2ccc(F)cc2F)n1. The van der Waals surface area contributed by atoms with Crippen molar-refractivity contribution in [2.75, 3.05) is 6.61 Å². The van der Waals surface area contributed by atoms with Crippen LogP contribution < -0.4 is 0 Å². The molecule has 0 unspecified atom stereocenters. The van der Waals surface area contributed by atoms with E-state index in [0.29, 0.717) is 6.07 Å². The molecule has 1 aromatic carbocycles. The fourth-order valence-electron chi connectivity index (χ4n) is 1.51. The topological polar surface area (TPSA) is 64.3 Å². The van der Waals surface area contributed by atoms with Crippen molar-refractivity contribution in [1.82, 2.24) is 9.78 Å². The third-order valence-corrected chi connectivity index (χ3v) is 2.31. The first-order valence-corrected chi connectivity index (χ1v) is 5.44. The highest BCUT2D eigenvalue weighted by molar-refractivity contribution is 5.87. The quantitative estimate of drug-likeness (QED) is 0.865. The number of nitrogens with zero attached hydrogens (tertiary/aromatic N) is 2. The smallest absolute Gasteiger partial charge is 0.358 e. The summed E-state index contributed by atoms with van der Waals surface area (Å²) in [6.45, 7) is 1.77. The minimum Gasteiger partial charge on any atom is -0.493 e. The third kappa shape index (κ3) is 2.54. The Kier molecular flexibility index (Phi) is 3.46. The van der Waals surface area contributed by atoms with Crippen LogP contribution in [0, 0.1) is 11.6 Å². The summed E-state index contributed by atoms with van der Waals surface area (Å²) >= 11 is 0. The molecule has 100 valence electrons. The van der Waals surface area contributed by atoms with Crippen LogP contribution in [-0.4, -0.2) is 27.5 Å². The first kappa shape index (κ1) is 13.0. The monoisotopic (exact) mass is 268 g/mol. The summed E-state index contributed by atoms with van der Waals surface area (Å²) in [4.78, 5) is 11.4. The van der Waals surface area contributed by atoms with Gasteiger partial charge in [-0.15, -0.1) is 0 Å². The van der Waals surface area contributed by atoms with Gasteiger partial charge in [0.1, 0.15) is 11.5 Å². The standard InChI is InChI=1S/C12H10F2N2O3/c1-2-19-12(18)9-6-11(17)16(15-9)10-4-3-7(13)5-8(10)14/h3-6,17H,2H2,1H3. The van der Waals surface area contributed by atoms with Crippen LogP contribution in [0.2, 0.25) is 0 Å². The summed E-state index contributed by atoms with van der Waals surface area (Å²) in [5.41, 5.74) is -0.336. The van der Waals surface area contributed by atoms with Gasteiger partial charge in [0.2, 0.25) is 5.88 Å². The molecule has 0 fully saturated rings. The van der Waals surface area contributed by atoms with Crippen LogP contribution in [0.5, 0.6) is 5.88 Å². The highest BCUT2D eigenvalue weighted by Gasteiger charge is 2.17. The molecule has 1 heterocycles. The Morgan fingerprint density at radius 1 is 1.42 bits per heavy atom. The van der Waals surface area contributed by atoms with Crippen LogP contribution in [0.1, 0.15) is 17.4 Å². The third-order valence-electron chi connectivity index (χ3n) is 2.31. The number of hydrogen-bond donors (Lipinski definition) is 1. The number of carbonyl (C=O) groups is 1. The van der Waals surface area contributed by atoms with Gasteiger partial charge in [0, 0.05) is 12.1 Å². The van der Waals surface area contributed by atoms with Gasteiger partial charge in [0.05, 0.1) is 6.61 Å². The van der Waals surface area contributed by atoms with E-state index in [1.165, 1.54) is 0 Å². The van der Waals surface area contributed by atoms with Crippen molar-refractivity contribution in [3.05, 3.63) is 41.6 Å². The van der Waals surface area contributed by atoms with Crippen LogP contribution in [0.25, 0.3) is 5.69 Å². The molecule has 0 aliphatic carbocycles. The minimum absolute atomic E-state index is 0.150. The Balaban J connectivity index is 2.43.